The standard InChI is InChI=1S/C12H7NS/c14-12-10-6-3-5-8(10)9-4-1-2-7-11(9)13-12/h1-7H. The van der Waals surface area contributed by atoms with E-state index in [1.165, 1.54) is 10.8 Å². The first-order valence-corrected chi connectivity index (χ1v) is 4.88. The molecule has 14 heavy (non-hydrogen) atoms. The maximum atomic E-state index is 5.22. The van der Waals surface area contributed by atoms with Crippen LogP contribution in [0.2, 0.25) is 0 Å². The molecule has 0 fully saturated rings. The van der Waals surface area contributed by atoms with Crippen LogP contribution in [0.25, 0.3) is 5.57 Å². The summed E-state index contributed by atoms with van der Waals surface area (Å²) < 4.78 is 0. The van der Waals surface area contributed by atoms with Crippen molar-refractivity contribution in [2.45, 2.75) is 0 Å². The van der Waals surface area contributed by atoms with Gasteiger partial charge in [-0.3, -0.25) is 0 Å². The molecule has 0 unspecified atom stereocenters. The van der Waals surface area contributed by atoms with Gasteiger partial charge in [0.15, 0.2) is 0 Å². The zero-order valence-electron chi connectivity index (χ0n) is 7.40. The average molecular weight is 197 g/mol. The van der Waals surface area contributed by atoms with Crippen LogP contribution < -0.4 is 10.6 Å². The van der Waals surface area contributed by atoms with Crippen LogP contribution in [0, 0.1) is 0 Å². The van der Waals surface area contributed by atoms with Gasteiger partial charge in [0, 0.05) is 10.8 Å². The smallest absolute Gasteiger partial charge is 0.134 e. The largest absolute Gasteiger partial charge is 0.236 e. The molecule has 0 bridgehead atoms. The van der Waals surface area contributed by atoms with Crippen LogP contribution in [-0.4, -0.2) is 4.99 Å². The minimum Gasteiger partial charge on any atom is -0.236 e. The molecule has 0 aromatic heterocycles. The van der Waals surface area contributed by atoms with Gasteiger partial charge in [-0.1, -0.05) is 48.6 Å². The molecule has 1 nitrogen and oxygen atoms in total. The Kier molecular flexibility index (Phi) is 1.52. The van der Waals surface area contributed by atoms with Crippen LogP contribution in [0.15, 0.2) is 53.1 Å². The van der Waals surface area contributed by atoms with E-state index < -0.39 is 0 Å². The van der Waals surface area contributed by atoms with Crippen molar-refractivity contribution in [3.05, 3.63) is 58.6 Å². The van der Waals surface area contributed by atoms with E-state index >= 15 is 0 Å². The van der Waals surface area contributed by atoms with Gasteiger partial charge in [-0.15, -0.1) is 0 Å². The van der Waals surface area contributed by atoms with E-state index in [-0.39, 0.29) is 0 Å². The van der Waals surface area contributed by atoms with Crippen molar-refractivity contribution in [3.63, 3.8) is 0 Å². The summed E-state index contributed by atoms with van der Waals surface area (Å²) in [6.45, 7) is 0. The Morgan fingerprint density at radius 3 is 2.93 bits per heavy atom. The molecule has 2 aliphatic rings. The molecule has 0 saturated heterocycles. The van der Waals surface area contributed by atoms with Crippen molar-refractivity contribution in [1.82, 2.24) is 0 Å². The number of benzene rings is 1. The Morgan fingerprint density at radius 2 is 2.00 bits per heavy atom. The molecule has 1 aliphatic carbocycles. The van der Waals surface area contributed by atoms with Gasteiger partial charge < -0.3 is 0 Å². The summed E-state index contributed by atoms with van der Waals surface area (Å²) in [6, 6.07) is 8.09. The van der Waals surface area contributed by atoms with Gasteiger partial charge in [-0.05, 0) is 11.6 Å². The lowest BCUT2D eigenvalue weighted by atomic mass is 10.0. The Bertz CT molecular complexity index is 605. The van der Waals surface area contributed by atoms with Crippen LogP contribution in [0.4, 0.5) is 0 Å². The van der Waals surface area contributed by atoms with E-state index in [2.05, 4.69) is 17.1 Å². The van der Waals surface area contributed by atoms with Crippen LogP contribution in [0.1, 0.15) is 0 Å². The van der Waals surface area contributed by atoms with Crippen LogP contribution >= 0.6 is 12.2 Å². The highest BCUT2D eigenvalue weighted by atomic mass is 32.1. The van der Waals surface area contributed by atoms with E-state index in [4.69, 9.17) is 12.2 Å². The maximum absolute atomic E-state index is 5.22. The third kappa shape index (κ3) is 0.946. The summed E-state index contributed by atoms with van der Waals surface area (Å²) >= 11 is 5.22. The lowest BCUT2D eigenvalue weighted by molar-refractivity contribution is 1.33. The van der Waals surface area contributed by atoms with Crippen LogP contribution in [0.5, 0.6) is 0 Å². The number of nitrogens with zero attached hydrogens (tertiary/aromatic N) is 1. The lowest BCUT2D eigenvalue weighted by Crippen LogP contribution is -2.32. The minimum absolute atomic E-state index is 0.698. The normalized spacial score (nSPS) is 17.3. The van der Waals surface area contributed by atoms with Crippen molar-refractivity contribution < 1.29 is 0 Å². The first-order valence-electron chi connectivity index (χ1n) is 4.47. The van der Waals surface area contributed by atoms with E-state index in [0.29, 0.717) is 4.99 Å². The van der Waals surface area contributed by atoms with Crippen molar-refractivity contribution in [2.75, 3.05) is 0 Å². The number of allylic oxidation sites excluding steroid dienone is 3. The summed E-state index contributed by atoms with van der Waals surface area (Å²) in [4.78, 5) is 5.09. The molecule has 0 saturated carbocycles. The fraction of sp³-hybridized carbons (Fsp3) is 0. The second-order valence-corrected chi connectivity index (χ2v) is 3.67. The van der Waals surface area contributed by atoms with Crippen LogP contribution in [-0.2, 0) is 0 Å². The Labute approximate surface area is 86.8 Å². The predicted octanol–water partition coefficient (Wildman–Crippen LogP) is 1.29. The predicted molar refractivity (Wildman–Crippen MR) is 60.5 cm³/mol. The number of para-hydroxylation sites is 1. The highest BCUT2D eigenvalue weighted by molar-refractivity contribution is 7.80. The SMILES string of the molecule is S=C1N=c2ccccc2=C2C=CC=C12. The summed E-state index contributed by atoms with van der Waals surface area (Å²) in [6.07, 6.45) is 6.14. The summed E-state index contributed by atoms with van der Waals surface area (Å²) in [5.74, 6) is 0. The fourth-order valence-corrected chi connectivity index (χ4v) is 2.09. The highest BCUT2D eigenvalue weighted by Gasteiger charge is 2.15. The van der Waals surface area contributed by atoms with Gasteiger partial charge in [0.1, 0.15) is 4.99 Å². The van der Waals surface area contributed by atoms with Crippen molar-refractivity contribution in [3.8, 4) is 0 Å². The minimum atomic E-state index is 0.698. The van der Waals surface area contributed by atoms with Crippen molar-refractivity contribution >= 4 is 22.8 Å². The molecule has 3 rings (SSSR count). The molecule has 0 N–H and O–H groups in total. The van der Waals surface area contributed by atoms with Gasteiger partial charge >= 0.3 is 0 Å². The third-order valence-electron chi connectivity index (χ3n) is 2.46. The van der Waals surface area contributed by atoms with Gasteiger partial charge in [0.2, 0.25) is 0 Å². The molecule has 66 valence electrons. The third-order valence-corrected chi connectivity index (χ3v) is 2.77. The lowest BCUT2D eigenvalue weighted by Gasteiger charge is -2.08. The Morgan fingerprint density at radius 1 is 1.14 bits per heavy atom. The topological polar surface area (TPSA) is 12.4 Å². The molecular weight excluding hydrogens is 190 g/mol. The number of rotatable bonds is 0. The number of fused-ring (bicyclic) bond motifs is 2. The van der Waals surface area contributed by atoms with E-state index in [1.807, 2.05) is 30.4 Å². The molecule has 1 aliphatic heterocycles. The molecule has 0 radical (unpaired) electrons. The van der Waals surface area contributed by atoms with Gasteiger partial charge in [0.25, 0.3) is 0 Å². The molecule has 1 aromatic carbocycles. The second kappa shape index (κ2) is 2.72. The molecule has 1 heterocycles. The number of thiocarbonyl (C=S) groups is 1. The Balaban J connectivity index is 2.57. The number of hydrogen-bond acceptors (Lipinski definition) is 1. The second-order valence-electron chi connectivity index (χ2n) is 3.29. The monoisotopic (exact) mass is 197 g/mol. The quantitative estimate of drug-likeness (QED) is 0.571. The van der Waals surface area contributed by atoms with E-state index in [9.17, 15) is 0 Å². The van der Waals surface area contributed by atoms with Gasteiger partial charge in [-0.25, -0.2) is 4.99 Å². The van der Waals surface area contributed by atoms with Gasteiger partial charge in [0.05, 0.1) is 5.36 Å². The first-order chi connectivity index (χ1) is 6.86. The summed E-state index contributed by atoms with van der Waals surface area (Å²) in [5.41, 5.74) is 2.29. The molecule has 1 aromatic rings. The van der Waals surface area contributed by atoms with Crippen molar-refractivity contribution in [2.24, 2.45) is 4.99 Å². The molecule has 0 spiro atoms. The molecular formula is C12H7NS. The zero-order chi connectivity index (χ0) is 9.54. The van der Waals surface area contributed by atoms with E-state index in [0.717, 1.165) is 10.9 Å². The van der Waals surface area contributed by atoms with Gasteiger partial charge in [-0.2, -0.15) is 0 Å². The highest BCUT2D eigenvalue weighted by Crippen LogP contribution is 2.21. The fourth-order valence-electron chi connectivity index (χ4n) is 1.81. The molecule has 0 amide bonds. The first kappa shape index (κ1) is 7.83. The summed E-state index contributed by atoms with van der Waals surface area (Å²) in [5, 5.41) is 2.16. The molecule has 2 heteroatoms. The van der Waals surface area contributed by atoms with Crippen molar-refractivity contribution in [1.29, 1.82) is 0 Å². The molecule has 0 atom stereocenters. The Hall–Kier alpha value is -1.54. The zero-order valence-corrected chi connectivity index (χ0v) is 8.21. The number of hydrogen-bond donors (Lipinski definition) is 0. The maximum Gasteiger partial charge on any atom is 0.134 e. The van der Waals surface area contributed by atoms with Crippen LogP contribution in [0.3, 0.4) is 0 Å². The van der Waals surface area contributed by atoms with E-state index in [1.54, 1.807) is 0 Å². The summed E-state index contributed by atoms with van der Waals surface area (Å²) in [7, 11) is 0. The average Bonchev–Trinajstić information content (AvgIpc) is 2.67.